The highest BCUT2D eigenvalue weighted by Crippen LogP contribution is 2.23. The third-order valence-electron chi connectivity index (χ3n) is 6.98. The van der Waals surface area contributed by atoms with Gasteiger partial charge in [-0.1, -0.05) is 43.0 Å². The van der Waals surface area contributed by atoms with Gasteiger partial charge in [0.1, 0.15) is 17.2 Å². The molecule has 50 heavy (non-hydrogen) atoms. The standard InChI is InChI=1S/C25H24O5.C15H18O5/c1-3-24(26)29-15-5-4-14-28-22-11-8-19(9-12-22)25(27)30-23-13-10-20-16-18(2)6-7-21(20)17-23;1-3-14(16)20-11-5-4-10-19-13-8-6-12(7-9-13)15(17)18-2/h3,6-13,16-17H,1,4-5,14-15H2,2H3;3,6-9H,1,4-5,10-11H2,2H3. The molecule has 10 nitrogen and oxygen atoms in total. The number of unbranched alkanes of at least 4 members (excludes halogenated alkanes) is 2. The smallest absolute Gasteiger partial charge is 0.343 e. The lowest BCUT2D eigenvalue weighted by atomic mass is 10.1. The molecule has 0 aliphatic rings. The molecule has 4 rings (SSSR count). The van der Waals surface area contributed by atoms with Gasteiger partial charge in [0.05, 0.1) is 44.7 Å². The van der Waals surface area contributed by atoms with Crippen LogP contribution in [0.2, 0.25) is 0 Å². The van der Waals surface area contributed by atoms with Crippen LogP contribution in [0.25, 0.3) is 10.8 Å². The summed E-state index contributed by atoms with van der Waals surface area (Å²) >= 11 is 0. The van der Waals surface area contributed by atoms with Crippen molar-refractivity contribution >= 4 is 34.6 Å². The predicted molar refractivity (Wildman–Crippen MR) is 190 cm³/mol. The predicted octanol–water partition coefficient (Wildman–Crippen LogP) is 7.62. The maximum absolute atomic E-state index is 12.4. The third-order valence-corrected chi connectivity index (χ3v) is 6.98. The van der Waals surface area contributed by atoms with E-state index in [0.717, 1.165) is 42.2 Å². The van der Waals surface area contributed by atoms with Crippen LogP contribution in [0, 0.1) is 6.92 Å². The molecule has 0 saturated heterocycles. The van der Waals surface area contributed by atoms with Crippen LogP contribution in [0.3, 0.4) is 0 Å². The lowest BCUT2D eigenvalue weighted by Gasteiger charge is -2.08. The van der Waals surface area contributed by atoms with E-state index in [4.69, 9.17) is 23.7 Å². The monoisotopic (exact) mass is 682 g/mol. The molecular formula is C40H42O10. The Bertz CT molecular complexity index is 1730. The van der Waals surface area contributed by atoms with Crippen molar-refractivity contribution in [2.75, 3.05) is 33.5 Å². The van der Waals surface area contributed by atoms with Crippen LogP contribution >= 0.6 is 0 Å². The van der Waals surface area contributed by atoms with Gasteiger partial charge in [-0.05, 0) is 104 Å². The summed E-state index contributed by atoms with van der Waals surface area (Å²) in [5.74, 6) is 0.226. The Morgan fingerprint density at radius 2 is 1.00 bits per heavy atom. The molecule has 10 heteroatoms. The molecule has 0 saturated carbocycles. The molecule has 0 aromatic heterocycles. The van der Waals surface area contributed by atoms with Gasteiger partial charge in [0, 0.05) is 12.2 Å². The van der Waals surface area contributed by atoms with Crippen molar-refractivity contribution < 1.29 is 47.6 Å². The Labute approximate surface area is 292 Å². The number of aryl methyl sites for hydroxylation is 1. The first-order valence-electron chi connectivity index (χ1n) is 16.1. The molecule has 4 aromatic rings. The van der Waals surface area contributed by atoms with E-state index in [-0.39, 0.29) is 5.97 Å². The van der Waals surface area contributed by atoms with Gasteiger partial charge in [-0.3, -0.25) is 0 Å². The summed E-state index contributed by atoms with van der Waals surface area (Å²) in [6.07, 6.45) is 5.22. The van der Waals surface area contributed by atoms with Crippen LogP contribution in [0.1, 0.15) is 52.0 Å². The Hall–Kier alpha value is -5.90. The molecule has 262 valence electrons. The van der Waals surface area contributed by atoms with Crippen LogP contribution in [-0.2, 0) is 23.8 Å². The molecule has 0 aliphatic carbocycles. The average Bonchev–Trinajstić information content (AvgIpc) is 3.14. The first kappa shape index (κ1) is 38.5. The number of benzene rings is 4. The minimum absolute atomic E-state index is 0.341. The van der Waals surface area contributed by atoms with E-state index >= 15 is 0 Å². The number of methoxy groups -OCH3 is 1. The van der Waals surface area contributed by atoms with Crippen LogP contribution in [0.4, 0.5) is 0 Å². The van der Waals surface area contributed by atoms with Crippen molar-refractivity contribution in [2.45, 2.75) is 32.6 Å². The number of esters is 4. The van der Waals surface area contributed by atoms with Crippen LogP contribution < -0.4 is 14.2 Å². The molecule has 0 bridgehead atoms. The van der Waals surface area contributed by atoms with Gasteiger partial charge < -0.3 is 28.4 Å². The number of hydrogen-bond acceptors (Lipinski definition) is 10. The molecule has 0 fully saturated rings. The van der Waals surface area contributed by atoms with Crippen LogP contribution in [0.5, 0.6) is 17.2 Å². The molecule has 0 aliphatic heterocycles. The molecule has 0 amide bonds. The number of ether oxygens (including phenoxy) is 6. The zero-order valence-corrected chi connectivity index (χ0v) is 28.4. The van der Waals surface area contributed by atoms with Gasteiger partial charge >= 0.3 is 23.9 Å². The summed E-state index contributed by atoms with van der Waals surface area (Å²) in [5.41, 5.74) is 2.12. The second-order valence-corrected chi connectivity index (χ2v) is 10.8. The number of rotatable bonds is 17. The van der Waals surface area contributed by atoms with Gasteiger partial charge in [0.15, 0.2) is 0 Å². The summed E-state index contributed by atoms with van der Waals surface area (Å²) in [7, 11) is 1.34. The molecular weight excluding hydrogens is 640 g/mol. The summed E-state index contributed by atoms with van der Waals surface area (Å²) < 4.78 is 31.0. The Kier molecular flexibility index (Phi) is 16.3. The summed E-state index contributed by atoms with van der Waals surface area (Å²) in [6, 6.07) is 25.3. The van der Waals surface area contributed by atoms with Crippen molar-refractivity contribution in [2.24, 2.45) is 0 Å². The fourth-order valence-corrected chi connectivity index (χ4v) is 4.32. The summed E-state index contributed by atoms with van der Waals surface area (Å²) in [5, 5.41) is 2.13. The van der Waals surface area contributed by atoms with Crippen LogP contribution in [0.15, 0.2) is 110 Å². The first-order valence-corrected chi connectivity index (χ1v) is 16.1. The first-order chi connectivity index (χ1) is 24.2. The van der Waals surface area contributed by atoms with Crippen molar-refractivity contribution in [1.29, 1.82) is 0 Å². The Morgan fingerprint density at radius 1 is 0.560 bits per heavy atom. The molecule has 0 radical (unpaired) electrons. The number of carbonyl (C=O) groups excluding carboxylic acids is 4. The summed E-state index contributed by atoms with van der Waals surface area (Å²) in [6.45, 7) is 10.4. The van der Waals surface area contributed by atoms with Gasteiger partial charge in [0.25, 0.3) is 0 Å². The van der Waals surface area contributed by atoms with Gasteiger partial charge in [0.2, 0.25) is 0 Å². The zero-order chi connectivity index (χ0) is 36.1. The average molecular weight is 683 g/mol. The van der Waals surface area contributed by atoms with Gasteiger partial charge in [-0.2, -0.15) is 0 Å². The van der Waals surface area contributed by atoms with E-state index in [1.165, 1.54) is 12.7 Å². The van der Waals surface area contributed by atoms with E-state index < -0.39 is 17.9 Å². The molecule has 0 N–H and O–H groups in total. The topological polar surface area (TPSA) is 124 Å². The van der Waals surface area contributed by atoms with Crippen molar-refractivity contribution in [3.05, 3.63) is 127 Å². The zero-order valence-electron chi connectivity index (χ0n) is 28.4. The highest BCUT2D eigenvalue weighted by Gasteiger charge is 2.10. The fourth-order valence-electron chi connectivity index (χ4n) is 4.32. The lowest BCUT2D eigenvalue weighted by Crippen LogP contribution is -2.08. The maximum atomic E-state index is 12.4. The van der Waals surface area contributed by atoms with Gasteiger partial charge in [-0.15, -0.1) is 0 Å². The van der Waals surface area contributed by atoms with E-state index in [0.29, 0.717) is 61.2 Å². The van der Waals surface area contributed by atoms with E-state index in [2.05, 4.69) is 24.0 Å². The molecule has 0 unspecified atom stereocenters. The Balaban J connectivity index is 0.000000295. The molecule has 0 atom stereocenters. The Morgan fingerprint density at radius 3 is 1.50 bits per heavy atom. The fraction of sp³-hybridized carbons (Fsp3) is 0.250. The quantitative estimate of drug-likeness (QED) is 0.0361. The SMILES string of the molecule is C=CC(=O)OCCCCOc1ccc(C(=O)OC)cc1.C=CC(=O)OCCCCOc1ccc(C(=O)Oc2ccc3cc(C)ccc3c2)cc1. The second kappa shape index (κ2) is 21.1. The number of fused-ring (bicyclic) bond motifs is 1. The molecule has 4 aromatic carbocycles. The van der Waals surface area contributed by atoms with Crippen LogP contribution in [-0.4, -0.2) is 57.4 Å². The molecule has 0 heterocycles. The minimum Gasteiger partial charge on any atom is -0.494 e. The molecule has 0 spiro atoms. The van der Waals surface area contributed by atoms with Gasteiger partial charge in [-0.25, -0.2) is 19.2 Å². The maximum Gasteiger partial charge on any atom is 0.343 e. The number of hydrogen-bond donors (Lipinski definition) is 0. The highest BCUT2D eigenvalue weighted by molar-refractivity contribution is 5.92. The van der Waals surface area contributed by atoms with Crippen molar-refractivity contribution in [1.82, 2.24) is 0 Å². The minimum atomic E-state index is -0.419. The second-order valence-electron chi connectivity index (χ2n) is 10.8. The third kappa shape index (κ3) is 13.7. The number of carbonyl (C=O) groups is 4. The lowest BCUT2D eigenvalue weighted by molar-refractivity contribution is -0.138. The van der Waals surface area contributed by atoms with Crippen molar-refractivity contribution in [3.63, 3.8) is 0 Å². The van der Waals surface area contributed by atoms with E-state index in [1.807, 2.05) is 31.2 Å². The largest absolute Gasteiger partial charge is 0.494 e. The van der Waals surface area contributed by atoms with E-state index in [9.17, 15) is 19.2 Å². The summed E-state index contributed by atoms with van der Waals surface area (Å²) in [4.78, 5) is 45.3. The van der Waals surface area contributed by atoms with Crippen molar-refractivity contribution in [3.8, 4) is 17.2 Å². The normalized spacial score (nSPS) is 10.1. The highest BCUT2D eigenvalue weighted by atomic mass is 16.5. The van der Waals surface area contributed by atoms with E-state index in [1.54, 1.807) is 54.6 Å².